The molecule has 0 fully saturated rings. The molecule has 1 aromatic heterocycles. The Bertz CT molecular complexity index is 560. The number of anilines is 1. The van der Waals surface area contributed by atoms with Crippen LogP contribution in [0.5, 0.6) is 0 Å². The molecule has 0 aliphatic rings. The van der Waals surface area contributed by atoms with E-state index >= 15 is 0 Å². The van der Waals surface area contributed by atoms with Crippen molar-refractivity contribution in [3.05, 3.63) is 29.0 Å². The summed E-state index contributed by atoms with van der Waals surface area (Å²) in [6.07, 6.45) is 0.579. The first-order chi connectivity index (χ1) is 9.70. The minimum Gasteiger partial charge on any atom is -0.398 e. The van der Waals surface area contributed by atoms with Crippen LogP contribution in [0.3, 0.4) is 0 Å². The van der Waals surface area contributed by atoms with Gasteiger partial charge in [0.2, 0.25) is 0 Å². The standard InChI is InChI=1S/C13H16ClN3O3/c1-18-6-7-19-5-4-12-16-13(20-17-12)9-2-3-11(15)10(14)8-9/h2-3,8H,4-7,15H2,1H3. The molecular formula is C13H16ClN3O3. The van der Waals surface area contributed by atoms with Gasteiger partial charge in [-0.25, -0.2) is 0 Å². The van der Waals surface area contributed by atoms with Crippen LogP contribution in [0.4, 0.5) is 5.69 Å². The monoisotopic (exact) mass is 297 g/mol. The maximum atomic E-state index is 5.96. The average molecular weight is 298 g/mol. The molecule has 0 amide bonds. The largest absolute Gasteiger partial charge is 0.398 e. The van der Waals surface area contributed by atoms with Gasteiger partial charge in [0.1, 0.15) is 0 Å². The Kier molecular flexibility index (Phi) is 5.34. The lowest BCUT2D eigenvalue weighted by Crippen LogP contribution is -2.05. The summed E-state index contributed by atoms with van der Waals surface area (Å²) in [5, 5.41) is 4.35. The zero-order chi connectivity index (χ0) is 14.4. The van der Waals surface area contributed by atoms with Crippen molar-refractivity contribution in [2.75, 3.05) is 32.7 Å². The van der Waals surface area contributed by atoms with Crippen molar-refractivity contribution in [1.29, 1.82) is 0 Å². The third-order valence-corrected chi connectivity index (χ3v) is 2.94. The zero-order valence-electron chi connectivity index (χ0n) is 11.1. The van der Waals surface area contributed by atoms with Crippen molar-refractivity contribution < 1.29 is 14.0 Å². The maximum absolute atomic E-state index is 5.96. The van der Waals surface area contributed by atoms with Crippen LogP contribution < -0.4 is 5.73 Å². The van der Waals surface area contributed by atoms with E-state index in [0.717, 1.165) is 5.56 Å². The first-order valence-corrected chi connectivity index (χ1v) is 6.53. The van der Waals surface area contributed by atoms with Crippen molar-refractivity contribution in [2.24, 2.45) is 0 Å². The van der Waals surface area contributed by atoms with Crippen LogP contribution in [-0.4, -0.2) is 37.1 Å². The van der Waals surface area contributed by atoms with Gasteiger partial charge in [0.05, 0.1) is 30.5 Å². The summed E-state index contributed by atoms with van der Waals surface area (Å²) in [6, 6.07) is 5.19. The number of aromatic nitrogens is 2. The molecule has 0 saturated carbocycles. The number of rotatable bonds is 7. The van der Waals surface area contributed by atoms with E-state index < -0.39 is 0 Å². The van der Waals surface area contributed by atoms with Crippen LogP contribution in [0.2, 0.25) is 5.02 Å². The summed E-state index contributed by atoms with van der Waals surface area (Å²) < 4.78 is 15.4. The van der Waals surface area contributed by atoms with Crippen LogP contribution in [0, 0.1) is 0 Å². The predicted molar refractivity (Wildman–Crippen MR) is 75.6 cm³/mol. The Balaban J connectivity index is 1.93. The minimum absolute atomic E-state index is 0.416. The van der Waals surface area contributed by atoms with Crippen LogP contribution >= 0.6 is 11.6 Å². The van der Waals surface area contributed by atoms with Crippen LogP contribution in [0.25, 0.3) is 11.5 Å². The molecule has 0 bridgehead atoms. The second kappa shape index (κ2) is 7.23. The van der Waals surface area contributed by atoms with E-state index in [1.165, 1.54) is 0 Å². The van der Waals surface area contributed by atoms with Crippen molar-refractivity contribution >= 4 is 17.3 Å². The van der Waals surface area contributed by atoms with Gasteiger partial charge in [-0.05, 0) is 18.2 Å². The summed E-state index contributed by atoms with van der Waals surface area (Å²) in [4.78, 5) is 4.28. The number of nitrogen functional groups attached to an aromatic ring is 1. The molecular weight excluding hydrogens is 282 g/mol. The Morgan fingerprint density at radius 3 is 2.90 bits per heavy atom. The lowest BCUT2D eigenvalue weighted by molar-refractivity contribution is 0.0714. The van der Waals surface area contributed by atoms with E-state index in [-0.39, 0.29) is 0 Å². The van der Waals surface area contributed by atoms with Gasteiger partial charge in [0.15, 0.2) is 5.82 Å². The fourth-order valence-corrected chi connectivity index (χ4v) is 1.72. The van der Waals surface area contributed by atoms with E-state index in [0.29, 0.717) is 48.7 Å². The quantitative estimate of drug-likeness (QED) is 0.623. The number of nitrogens with two attached hydrogens (primary N) is 1. The molecule has 2 N–H and O–H groups in total. The molecule has 0 unspecified atom stereocenters. The summed E-state index contributed by atoms with van der Waals surface area (Å²) in [5.41, 5.74) is 6.91. The Morgan fingerprint density at radius 2 is 2.15 bits per heavy atom. The van der Waals surface area contributed by atoms with Gasteiger partial charge in [-0.15, -0.1) is 0 Å². The average Bonchev–Trinajstić information content (AvgIpc) is 2.90. The molecule has 6 nitrogen and oxygen atoms in total. The van der Waals surface area contributed by atoms with Gasteiger partial charge in [-0.3, -0.25) is 0 Å². The molecule has 1 heterocycles. The molecule has 0 radical (unpaired) electrons. The smallest absolute Gasteiger partial charge is 0.257 e. The van der Waals surface area contributed by atoms with Gasteiger partial charge in [0.25, 0.3) is 5.89 Å². The van der Waals surface area contributed by atoms with Crippen molar-refractivity contribution in [1.82, 2.24) is 10.1 Å². The summed E-state index contributed by atoms with van der Waals surface area (Å²) in [6.45, 7) is 1.64. The lowest BCUT2D eigenvalue weighted by Gasteiger charge is -2.00. The van der Waals surface area contributed by atoms with E-state index in [2.05, 4.69) is 10.1 Å². The van der Waals surface area contributed by atoms with E-state index in [1.807, 2.05) is 0 Å². The van der Waals surface area contributed by atoms with Crippen molar-refractivity contribution in [2.45, 2.75) is 6.42 Å². The fourth-order valence-electron chi connectivity index (χ4n) is 1.54. The van der Waals surface area contributed by atoms with E-state index in [1.54, 1.807) is 25.3 Å². The summed E-state index contributed by atoms with van der Waals surface area (Å²) in [5.74, 6) is 1.00. The highest BCUT2D eigenvalue weighted by Gasteiger charge is 2.10. The second-order valence-corrected chi connectivity index (χ2v) is 4.51. The number of ether oxygens (including phenoxy) is 2. The highest BCUT2D eigenvalue weighted by Crippen LogP contribution is 2.25. The first-order valence-electron chi connectivity index (χ1n) is 6.15. The van der Waals surface area contributed by atoms with E-state index in [9.17, 15) is 0 Å². The van der Waals surface area contributed by atoms with Gasteiger partial charge in [-0.2, -0.15) is 4.98 Å². The molecule has 2 aromatic rings. The molecule has 0 spiro atoms. The van der Waals surface area contributed by atoms with E-state index in [4.69, 9.17) is 31.3 Å². The third kappa shape index (κ3) is 3.93. The number of methoxy groups -OCH3 is 1. The zero-order valence-corrected chi connectivity index (χ0v) is 11.9. The number of nitrogens with zero attached hydrogens (tertiary/aromatic N) is 2. The number of benzene rings is 1. The topological polar surface area (TPSA) is 83.4 Å². The highest BCUT2D eigenvalue weighted by molar-refractivity contribution is 6.33. The maximum Gasteiger partial charge on any atom is 0.257 e. The molecule has 0 aliphatic heterocycles. The normalized spacial score (nSPS) is 10.9. The van der Waals surface area contributed by atoms with Gasteiger partial charge in [0, 0.05) is 19.1 Å². The Labute approximate surface area is 121 Å². The van der Waals surface area contributed by atoms with Gasteiger partial charge in [-0.1, -0.05) is 16.8 Å². The summed E-state index contributed by atoms with van der Waals surface area (Å²) >= 11 is 5.96. The molecule has 0 saturated heterocycles. The second-order valence-electron chi connectivity index (χ2n) is 4.11. The minimum atomic E-state index is 0.416. The predicted octanol–water partition coefficient (Wildman–Crippen LogP) is 2.18. The number of halogens is 1. The number of hydrogen-bond donors (Lipinski definition) is 1. The molecule has 2 rings (SSSR count). The molecule has 0 atom stereocenters. The Hall–Kier alpha value is -1.63. The van der Waals surface area contributed by atoms with Crippen molar-refractivity contribution in [3.63, 3.8) is 0 Å². The van der Waals surface area contributed by atoms with Crippen molar-refractivity contribution in [3.8, 4) is 11.5 Å². The SMILES string of the molecule is COCCOCCc1noc(-c2ccc(N)c(Cl)c2)n1. The fraction of sp³-hybridized carbons (Fsp3) is 0.385. The highest BCUT2D eigenvalue weighted by atomic mass is 35.5. The lowest BCUT2D eigenvalue weighted by atomic mass is 10.2. The summed E-state index contributed by atoms with van der Waals surface area (Å²) in [7, 11) is 1.63. The molecule has 20 heavy (non-hydrogen) atoms. The van der Waals surface area contributed by atoms with Gasteiger partial charge < -0.3 is 19.7 Å². The van der Waals surface area contributed by atoms with Crippen LogP contribution in [-0.2, 0) is 15.9 Å². The molecule has 1 aromatic carbocycles. The van der Waals surface area contributed by atoms with Crippen LogP contribution in [0.15, 0.2) is 22.7 Å². The van der Waals surface area contributed by atoms with Crippen LogP contribution in [0.1, 0.15) is 5.82 Å². The van der Waals surface area contributed by atoms with Gasteiger partial charge >= 0.3 is 0 Å². The molecule has 0 aliphatic carbocycles. The first kappa shape index (κ1) is 14.8. The molecule has 108 valence electrons. The Morgan fingerprint density at radius 1 is 1.30 bits per heavy atom. The number of hydrogen-bond acceptors (Lipinski definition) is 6. The molecule has 7 heteroatoms. The third-order valence-electron chi connectivity index (χ3n) is 2.62.